The van der Waals surface area contributed by atoms with Gasteiger partial charge in [-0.05, 0) is 45.9 Å². The van der Waals surface area contributed by atoms with Crippen molar-refractivity contribution in [2.45, 2.75) is 38.1 Å². The lowest BCUT2D eigenvalue weighted by Gasteiger charge is -2.31. The summed E-state index contributed by atoms with van der Waals surface area (Å²) in [7, 11) is -13.0. The minimum Gasteiger partial charge on any atom is -0.307 e. The zero-order chi connectivity index (χ0) is 22.3. The van der Waals surface area contributed by atoms with Crippen LogP contribution < -0.4 is 4.72 Å². The molecule has 14 heteroatoms. The van der Waals surface area contributed by atoms with E-state index in [0.29, 0.717) is 0 Å². The Kier molecular flexibility index (Phi) is 10.8. The van der Waals surface area contributed by atoms with Gasteiger partial charge in [0.25, 0.3) is 0 Å². The maximum atomic E-state index is 13.4. The molecule has 0 unspecified atom stereocenters. The molecular weight excluding hydrogens is 487 g/mol. The third kappa shape index (κ3) is 7.01. The fourth-order valence-electron chi connectivity index (χ4n) is 2.23. The van der Waals surface area contributed by atoms with Crippen LogP contribution in [0.5, 0.6) is 0 Å². The van der Waals surface area contributed by atoms with E-state index in [1.165, 1.54) is 39.8 Å². The van der Waals surface area contributed by atoms with Crippen LogP contribution in [-0.2, 0) is 37.2 Å². The van der Waals surface area contributed by atoms with Gasteiger partial charge in [-0.25, -0.2) is 8.42 Å². The lowest BCUT2D eigenvalue weighted by molar-refractivity contribution is 0.193. The van der Waals surface area contributed by atoms with E-state index in [4.69, 9.17) is 41.3 Å². The monoisotopic (exact) mass is 511 g/mol. The van der Waals surface area contributed by atoms with E-state index in [2.05, 4.69) is 4.72 Å². The van der Waals surface area contributed by atoms with Crippen molar-refractivity contribution in [3.8, 4) is 0 Å². The van der Waals surface area contributed by atoms with E-state index in [-0.39, 0.29) is 41.4 Å². The van der Waals surface area contributed by atoms with Crippen LogP contribution in [0, 0.1) is 0 Å². The number of rotatable bonds is 13. The average molecular weight is 512 g/mol. The molecule has 0 radical (unpaired) electrons. The number of sulfonamides is 1. The van der Waals surface area contributed by atoms with Gasteiger partial charge in [-0.1, -0.05) is 23.2 Å². The molecule has 0 heterocycles. The van der Waals surface area contributed by atoms with Crippen LogP contribution in [0.2, 0.25) is 10.0 Å². The van der Waals surface area contributed by atoms with Gasteiger partial charge in [-0.15, -0.1) is 0 Å². The number of benzene rings is 1. The van der Waals surface area contributed by atoms with E-state index in [0.717, 1.165) is 6.07 Å². The number of hydrogen-bond donors (Lipinski definition) is 1. The molecule has 1 N–H and O–H groups in total. The van der Waals surface area contributed by atoms with Crippen LogP contribution in [0.3, 0.4) is 0 Å². The van der Waals surface area contributed by atoms with Crippen LogP contribution in [-0.4, -0.2) is 40.4 Å². The molecule has 1 aromatic carbocycles. The summed E-state index contributed by atoms with van der Waals surface area (Å²) < 4.78 is 75.7. The first-order valence-electron chi connectivity index (χ1n) is 8.74. The predicted molar refractivity (Wildman–Crippen MR) is 112 cm³/mol. The fourth-order valence-corrected chi connectivity index (χ4v) is 9.73. The Morgan fingerprint density at radius 2 is 1.28 bits per heavy atom. The van der Waals surface area contributed by atoms with Crippen molar-refractivity contribution in [2.24, 2.45) is 0 Å². The molecule has 0 aromatic heterocycles. The summed E-state index contributed by atoms with van der Waals surface area (Å²) in [5, 5.41) is 0.132. The summed E-state index contributed by atoms with van der Waals surface area (Å²) in [4.78, 5) is -0.295. The summed E-state index contributed by atoms with van der Waals surface area (Å²) in [5.41, 5.74) is -1.94. The average Bonchev–Trinajstić information content (AvgIpc) is 2.62. The zero-order valence-corrected chi connectivity index (χ0v) is 20.6. The summed E-state index contributed by atoms with van der Waals surface area (Å²) in [6, 6.07) is 3.57. The number of halogens is 2. The van der Waals surface area contributed by atoms with E-state index >= 15 is 0 Å². The highest BCUT2D eigenvalue weighted by molar-refractivity contribution is 7.90. The molecule has 0 fully saturated rings. The van der Waals surface area contributed by atoms with Crippen molar-refractivity contribution in [2.75, 3.05) is 26.4 Å². The minimum atomic E-state index is -4.40. The van der Waals surface area contributed by atoms with Gasteiger partial charge < -0.3 is 18.1 Å². The number of nitrogens with one attached hydrogen (secondary N) is 1. The molecule has 0 amide bonds. The normalized spacial score (nSPS) is 13.2. The summed E-state index contributed by atoms with van der Waals surface area (Å²) in [5.74, 6) is 0. The van der Waals surface area contributed by atoms with Crippen molar-refractivity contribution in [3.63, 3.8) is 0 Å². The molecule has 0 atom stereocenters. The highest BCUT2D eigenvalue weighted by Crippen LogP contribution is 2.69. The Morgan fingerprint density at radius 1 is 0.862 bits per heavy atom. The van der Waals surface area contributed by atoms with E-state index < -0.39 is 30.7 Å². The van der Waals surface area contributed by atoms with Crippen LogP contribution >= 0.6 is 38.4 Å². The van der Waals surface area contributed by atoms with Crippen molar-refractivity contribution < 1.29 is 35.6 Å². The van der Waals surface area contributed by atoms with Gasteiger partial charge in [0.05, 0.1) is 41.4 Å². The molecule has 1 aromatic rings. The smallest absolute Gasteiger partial charge is 0.307 e. The van der Waals surface area contributed by atoms with E-state index in [1.807, 2.05) is 0 Å². The second kappa shape index (κ2) is 11.6. The zero-order valence-electron chi connectivity index (χ0n) is 16.5. The summed E-state index contributed by atoms with van der Waals surface area (Å²) in [6.07, 6.45) is 0. The van der Waals surface area contributed by atoms with Gasteiger partial charge in [0.1, 0.15) is 0 Å². The molecule has 0 spiro atoms. The van der Waals surface area contributed by atoms with E-state index in [9.17, 15) is 17.5 Å². The van der Waals surface area contributed by atoms with Crippen LogP contribution in [0.4, 0.5) is 0 Å². The van der Waals surface area contributed by atoms with Crippen LogP contribution in [0.15, 0.2) is 23.1 Å². The molecule has 0 aliphatic rings. The van der Waals surface area contributed by atoms with Gasteiger partial charge in [0.2, 0.25) is 15.5 Å². The van der Waals surface area contributed by atoms with Crippen molar-refractivity contribution >= 4 is 48.4 Å². The summed E-state index contributed by atoms with van der Waals surface area (Å²) >= 11 is 11.7. The van der Waals surface area contributed by atoms with Crippen molar-refractivity contribution in [3.05, 3.63) is 28.2 Å². The Hall–Kier alpha value is 0.01000. The maximum absolute atomic E-state index is 13.4. The first kappa shape index (κ1) is 27.0. The Balaban J connectivity index is 3.55. The molecule has 0 saturated heterocycles. The molecule has 168 valence electrons. The van der Waals surface area contributed by atoms with Crippen molar-refractivity contribution in [1.29, 1.82) is 0 Å². The van der Waals surface area contributed by atoms with E-state index in [1.54, 1.807) is 0 Å². The highest BCUT2D eigenvalue weighted by Gasteiger charge is 2.53. The van der Waals surface area contributed by atoms with Crippen molar-refractivity contribution in [1.82, 2.24) is 4.72 Å². The predicted octanol–water partition coefficient (Wildman–Crippen LogP) is 5.09. The summed E-state index contributed by atoms with van der Waals surface area (Å²) in [6.45, 7) is 5.73. The SMILES string of the molecule is CCOP(=O)(OCC)C(NS(=O)(=O)c1ccc(Cl)c(Cl)c1)P(=O)(OCC)OCC. The van der Waals surface area contributed by atoms with Gasteiger partial charge >= 0.3 is 15.2 Å². The molecule has 0 bridgehead atoms. The molecule has 0 aliphatic carbocycles. The first-order valence-corrected chi connectivity index (χ1v) is 14.2. The second-order valence-electron chi connectivity index (χ2n) is 5.32. The van der Waals surface area contributed by atoms with Gasteiger partial charge in [0, 0.05) is 0 Å². The Labute approximate surface area is 181 Å². The second-order valence-corrected chi connectivity index (χ2v) is 12.5. The number of hydrogen-bond acceptors (Lipinski definition) is 8. The fraction of sp³-hybridized carbons (Fsp3) is 0.600. The molecular formula is C15H25Cl2NO8P2S. The van der Waals surface area contributed by atoms with Gasteiger partial charge in [-0.3, -0.25) is 9.13 Å². The molecule has 0 aliphatic heterocycles. The highest BCUT2D eigenvalue weighted by atomic mass is 35.5. The first-order chi connectivity index (χ1) is 13.5. The third-order valence-corrected chi connectivity index (χ3v) is 11.4. The lowest BCUT2D eigenvalue weighted by Crippen LogP contribution is -2.37. The maximum Gasteiger partial charge on any atom is 0.360 e. The topological polar surface area (TPSA) is 117 Å². The van der Waals surface area contributed by atoms with Gasteiger partial charge in [-0.2, -0.15) is 4.72 Å². The molecule has 29 heavy (non-hydrogen) atoms. The molecule has 9 nitrogen and oxygen atoms in total. The third-order valence-electron chi connectivity index (χ3n) is 3.30. The Morgan fingerprint density at radius 3 is 1.62 bits per heavy atom. The van der Waals surface area contributed by atoms with Crippen LogP contribution in [0.1, 0.15) is 27.7 Å². The van der Waals surface area contributed by atoms with Crippen LogP contribution in [0.25, 0.3) is 0 Å². The standard InChI is InChI=1S/C15H25Cl2NO8P2S/c1-5-23-27(19,24-6-2)15(28(20,25-7-3)26-8-4)18-29(21,22)12-9-10-13(16)14(17)11-12/h9-11,15,18H,5-8H2,1-4H3. The Bertz CT molecular complexity index is 833. The van der Waals surface area contributed by atoms with Gasteiger partial charge in [0.15, 0.2) is 0 Å². The molecule has 1 rings (SSSR count). The quantitative estimate of drug-likeness (QED) is 0.364. The lowest BCUT2D eigenvalue weighted by atomic mass is 10.4. The molecule has 0 saturated carbocycles. The largest absolute Gasteiger partial charge is 0.360 e. The minimum absolute atomic E-state index is 0.0123.